The van der Waals surface area contributed by atoms with Gasteiger partial charge in [0.15, 0.2) is 0 Å². The zero-order valence-electron chi connectivity index (χ0n) is 10.2. The van der Waals surface area contributed by atoms with E-state index in [1.807, 2.05) is 12.2 Å². The Bertz CT molecular complexity index is 382. The van der Waals surface area contributed by atoms with Gasteiger partial charge in [-0.15, -0.1) is 0 Å². The Morgan fingerprint density at radius 3 is 2.41 bits per heavy atom. The lowest BCUT2D eigenvalue weighted by atomic mass is 9.89. The van der Waals surface area contributed by atoms with Crippen LogP contribution in [0.5, 0.6) is 0 Å². The second-order valence-corrected chi connectivity index (χ2v) is 5.52. The third kappa shape index (κ3) is 2.14. The topological polar surface area (TPSA) is 66.8 Å². The molecule has 0 saturated carbocycles. The fraction of sp³-hybridized carbons (Fsp3) is 0.667. The van der Waals surface area contributed by atoms with Crippen molar-refractivity contribution in [3.8, 4) is 0 Å². The molecule has 2 aliphatic rings. The molecule has 0 radical (unpaired) electrons. The molecule has 5 heteroatoms. The van der Waals surface area contributed by atoms with Crippen LogP contribution in [0.15, 0.2) is 12.2 Å². The van der Waals surface area contributed by atoms with E-state index in [-0.39, 0.29) is 12.0 Å². The maximum atomic E-state index is 12.0. The van der Waals surface area contributed by atoms with E-state index >= 15 is 0 Å². The Balaban J connectivity index is 2.14. The summed E-state index contributed by atoms with van der Waals surface area (Å²) in [6.45, 7) is 5.31. The summed E-state index contributed by atoms with van der Waals surface area (Å²) >= 11 is 0. The Kier molecular flexibility index (Phi) is 2.64. The van der Waals surface area contributed by atoms with E-state index in [1.165, 1.54) is 4.90 Å². The van der Waals surface area contributed by atoms with Gasteiger partial charge in [-0.1, -0.05) is 12.2 Å². The predicted molar refractivity (Wildman–Crippen MR) is 60.5 cm³/mol. The molecule has 1 saturated heterocycles. The molecular weight excluding hydrogens is 222 g/mol. The normalized spacial score (nSPS) is 30.8. The van der Waals surface area contributed by atoms with E-state index in [0.717, 1.165) is 0 Å². The van der Waals surface area contributed by atoms with E-state index < -0.39 is 23.7 Å². The number of carbonyl (C=O) groups is 2. The molecule has 1 aliphatic heterocycles. The molecule has 3 unspecified atom stereocenters. The average molecular weight is 239 g/mol. The molecule has 0 aromatic heterocycles. The number of carbonyl (C=O) groups excluding carboxylic acids is 1. The number of carboxylic acids is 1. The molecule has 2 rings (SSSR count). The van der Waals surface area contributed by atoms with E-state index in [1.54, 1.807) is 20.8 Å². The van der Waals surface area contributed by atoms with E-state index in [4.69, 9.17) is 9.84 Å². The number of rotatable bonds is 1. The number of likely N-dealkylation sites (tertiary alicyclic amines) is 1. The van der Waals surface area contributed by atoms with Crippen LogP contribution in [-0.2, 0) is 9.53 Å². The van der Waals surface area contributed by atoms with Crippen LogP contribution in [0.2, 0.25) is 0 Å². The summed E-state index contributed by atoms with van der Waals surface area (Å²) in [7, 11) is 0. The minimum Gasteiger partial charge on any atom is -0.480 e. The van der Waals surface area contributed by atoms with Crippen LogP contribution in [-0.4, -0.2) is 39.8 Å². The second kappa shape index (κ2) is 3.75. The fourth-order valence-electron chi connectivity index (χ4n) is 2.25. The maximum Gasteiger partial charge on any atom is 0.411 e. The highest BCUT2D eigenvalue weighted by Gasteiger charge is 2.49. The van der Waals surface area contributed by atoms with Gasteiger partial charge < -0.3 is 9.84 Å². The number of carboxylic acid groups (broad SMARTS) is 1. The van der Waals surface area contributed by atoms with Gasteiger partial charge in [-0.25, -0.2) is 9.59 Å². The summed E-state index contributed by atoms with van der Waals surface area (Å²) in [6, 6.07) is -0.874. The average Bonchev–Trinajstić information content (AvgIpc) is 2.35. The minimum atomic E-state index is -0.966. The minimum absolute atomic E-state index is 0.106. The molecule has 0 spiro atoms. The standard InChI is InChI=1S/C12H17NO4/c1-12(2,3)17-11(16)13-8-5-4-7(8)6-9(13)10(14)15/h4-5,7-9H,6H2,1-3H3,(H,14,15). The van der Waals surface area contributed by atoms with Gasteiger partial charge in [-0.3, -0.25) is 4.90 Å². The number of nitrogens with zero attached hydrogens (tertiary/aromatic N) is 1. The summed E-state index contributed by atoms with van der Waals surface area (Å²) in [6.07, 6.45) is 3.75. The zero-order chi connectivity index (χ0) is 12.8. The molecular formula is C12H17NO4. The van der Waals surface area contributed by atoms with Crippen molar-refractivity contribution >= 4 is 12.1 Å². The number of hydrogen-bond acceptors (Lipinski definition) is 3. The van der Waals surface area contributed by atoms with Gasteiger partial charge in [0.2, 0.25) is 0 Å². The zero-order valence-corrected chi connectivity index (χ0v) is 10.2. The van der Waals surface area contributed by atoms with Crippen molar-refractivity contribution in [2.24, 2.45) is 5.92 Å². The van der Waals surface area contributed by atoms with Crippen molar-refractivity contribution in [2.45, 2.75) is 44.9 Å². The molecule has 1 fully saturated rings. The molecule has 0 aromatic carbocycles. The highest BCUT2D eigenvalue weighted by molar-refractivity contribution is 5.82. The van der Waals surface area contributed by atoms with Gasteiger partial charge in [-0.2, -0.15) is 0 Å². The van der Waals surface area contributed by atoms with Crippen LogP contribution < -0.4 is 0 Å². The van der Waals surface area contributed by atoms with Gasteiger partial charge >= 0.3 is 12.1 Å². The molecule has 1 N–H and O–H groups in total. The summed E-state index contributed by atoms with van der Waals surface area (Å²) < 4.78 is 5.24. The highest BCUT2D eigenvalue weighted by atomic mass is 16.6. The van der Waals surface area contributed by atoms with Gasteiger partial charge in [0.05, 0.1) is 6.04 Å². The molecule has 1 aliphatic carbocycles. The van der Waals surface area contributed by atoms with Gasteiger partial charge in [-0.05, 0) is 27.2 Å². The Hall–Kier alpha value is -1.52. The summed E-state index contributed by atoms with van der Waals surface area (Å²) in [4.78, 5) is 24.4. The molecule has 3 atom stereocenters. The van der Waals surface area contributed by atoms with Crippen molar-refractivity contribution in [2.75, 3.05) is 0 Å². The van der Waals surface area contributed by atoms with Crippen molar-refractivity contribution < 1.29 is 19.4 Å². The highest BCUT2D eigenvalue weighted by Crippen LogP contribution is 2.38. The number of fused-ring (bicyclic) bond motifs is 1. The van der Waals surface area contributed by atoms with Crippen molar-refractivity contribution in [3.63, 3.8) is 0 Å². The van der Waals surface area contributed by atoms with Crippen molar-refractivity contribution in [3.05, 3.63) is 12.2 Å². The van der Waals surface area contributed by atoms with Crippen LogP contribution in [0.25, 0.3) is 0 Å². The third-order valence-electron chi connectivity index (χ3n) is 3.04. The second-order valence-electron chi connectivity index (χ2n) is 5.52. The predicted octanol–water partition coefficient (Wildman–Crippen LogP) is 1.64. The van der Waals surface area contributed by atoms with E-state index in [9.17, 15) is 9.59 Å². The number of amides is 1. The van der Waals surface area contributed by atoms with Crippen LogP contribution in [0.3, 0.4) is 0 Å². The number of aliphatic carboxylic acids is 1. The van der Waals surface area contributed by atoms with Crippen LogP contribution in [0.1, 0.15) is 27.2 Å². The van der Waals surface area contributed by atoms with Gasteiger partial charge in [0.25, 0.3) is 0 Å². The quantitative estimate of drug-likeness (QED) is 0.706. The molecule has 1 heterocycles. The number of ether oxygens (including phenoxy) is 1. The van der Waals surface area contributed by atoms with E-state index in [2.05, 4.69) is 0 Å². The summed E-state index contributed by atoms with van der Waals surface area (Å²) in [5, 5.41) is 9.12. The first-order valence-electron chi connectivity index (χ1n) is 5.72. The van der Waals surface area contributed by atoms with E-state index in [0.29, 0.717) is 6.42 Å². The van der Waals surface area contributed by atoms with Gasteiger partial charge in [0.1, 0.15) is 11.6 Å². The molecule has 1 amide bonds. The Morgan fingerprint density at radius 1 is 1.35 bits per heavy atom. The summed E-state index contributed by atoms with van der Waals surface area (Å²) in [5.74, 6) is -0.796. The van der Waals surface area contributed by atoms with Crippen LogP contribution in [0.4, 0.5) is 4.79 Å². The summed E-state index contributed by atoms with van der Waals surface area (Å²) in [5.41, 5.74) is -0.605. The van der Waals surface area contributed by atoms with Crippen LogP contribution in [0, 0.1) is 5.92 Å². The number of hydrogen-bond donors (Lipinski definition) is 1. The SMILES string of the molecule is CC(C)(C)OC(=O)N1C(C(=O)O)CC2C=CC21. The monoisotopic (exact) mass is 239 g/mol. The fourth-order valence-corrected chi connectivity index (χ4v) is 2.25. The Morgan fingerprint density at radius 2 is 2.00 bits per heavy atom. The molecule has 0 aromatic rings. The lowest BCUT2D eigenvalue weighted by Crippen LogP contribution is -2.48. The Labute approximate surface area is 100 Å². The first-order chi connectivity index (χ1) is 7.79. The first-order valence-corrected chi connectivity index (χ1v) is 5.72. The first kappa shape index (κ1) is 12.0. The lowest BCUT2D eigenvalue weighted by Gasteiger charge is -2.33. The molecule has 94 valence electrons. The molecule has 0 bridgehead atoms. The van der Waals surface area contributed by atoms with Gasteiger partial charge in [0, 0.05) is 5.92 Å². The maximum absolute atomic E-state index is 12.0. The molecule has 17 heavy (non-hydrogen) atoms. The largest absolute Gasteiger partial charge is 0.480 e. The lowest BCUT2D eigenvalue weighted by molar-refractivity contribution is -0.142. The molecule has 5 nitrogen and oxygen atoms in total. The third-order valence-corrected chi connectivity index (χ3v) is 3.04. The van der Waals surface area contributed by atoms with Crippen LogP contribution >= 0.6 is 0 Å². The smallest absolute Gasteiger partial charge is 0.411 e. The van der Waals surface area contributed by atoms with Crippen molar-refractivity contribution in [1.29, 1.82) is 0 Å². The van der Waals surface area contributed by atoms with Crippen molar-refractivity contribution in [1.82, 2.24) is 4.90 Å².